The van der Waals surface area contributed by atoms with Crippen molar-refractivity contribution in [1.82, 2.24) is 4.90 Å². The zero-order valence-corrected chi connectivity index (χ0v) is 18.2. The third-order valence-electron chi connectivity index (χ3n) is 4.82. The van der Waals surface area contributed by atoms with E-state index in [4.69, 9.17) is 12.2 Å². The molecular formula is C20H14FN2O5S3-. The molecule has 0 unspecified atom stereocenters. The first-order valence-corrected chi connectivity index (χ1v) is 11.8. The molecule has 11 heteroatoms. The number of rotatable bonds is 5. The molecule has 0 N–H and O–H groups in total. The van der Waals surface area contributed by atoms with Crippen LogP contribution in [0.3, 0.4) is 0 Å². The molecule has 2 amide bonds. The van der Waals surface area contributed by atoms with Gasteiger partial charge < -0.3 is 9.45 Å². The summed E-state index contributed by atoms with van der Waals surface area (Å²) in [5.41, 5.74) is 2.02. The first-order chi connectivity index (χ1) is 14.7. The van der Waals surface area contributed by atoms with Crippen LogP contribution in [-0.2, 0) is 26.3 Å². The number of thiocarbonyl (C=S) groups is 1. The lowest BCUT2D eigenvalue weighted by molar-refractivity contribution is -0.122. The largest absolute Gasteiger partial charge is 0.748 e. The van der Waals surface area contributed by atoms with Crippen LogP contribution < -0.4 is 4.90 Å². The molecular weight excluding hydrogens is 463 g/mol. The van der Waals surface area contributed by atoms with Crippen LogP contribution in [-0.4, -0.2) is 46.3 Å². The standard InChI is InChI=1S/C20H15FN2O5S3/c21-13-7-5-12(6-8-13)11-23-15-4-2-1-3-14(15)16(18(23)24)17-19(25)22(20(29)30-17)9-10-31(26,27)28/h1-8H,9-11H2,(H,26,27,28)/p-1/b17-16+. The monoisotopic (exact) mass is 477 g/mol. The Balaban J connectivity index is 1.71. The van der Waals surface area contributed by atoms with Gasteiger partial charge in [-0.3, -0.25) is 14.5 Å². The molecule has 0 aliphatic carbocycles. The van der Waals surface area contributed by atoms with E-state index in [0.717, 1.165) is 16.7 Å². The predicted molar refractivity (Wildman–Crippen MR) is 117 cm³/mol. The summed E-state index contributed by atoms with van der Waals surface area (Å²) in [6.07, 6.45) is 0. The second-order valence-corrected chi connectivity index (χ2v) is 9.99. The highest BCUT2D eigenvalue weighted by Gasteiger charge is 2.41. The number of carbonyl (C=O) groups excluding carboxylic acids is 2. The quantitative estimate of drug-likeness (QED) is 0.371. The van der Waals surface area contributed by atoms with Gasteiger partial charge in [-0.05, 0) is 23.8 Å². The van der Waals surface area contributed by atoms with Crippen molar-refractivity contribution in [3.63, 3.8) is 0 Å². The van der Waals surface area contributed by atoms with E-state index in [-0.39, 0.29) is 33.7 Å². The number of amides is 2. The molecule has 31 heavy (non-hydrogen) atoms. The maximum absolute atomic E-state index is 13.3. The van der Waals surface area contributed by atoms with Crippen molar-refractivity contribution in [2.75, 3.05) is 17.2 Å². The highest BCUT2D eigenvalue weighted by Crippen LogP contribution is 2.44. The fourth-order valence-corrected chi connectivity index (χ4v) is 5.16. The number of hydrogen-bond donors (Lipinski definition) is 0. The molecule has 2 aromatic rings. The maximum atomic E-state index is 13.3. The second kappa shape index (κ2) is 8.15. The normalized spacial score (nSPS) is 18.8. The summed E-state index contributed by atoms with van der Waals surface area (Å²) in [5, 5.41) is 0. The fourth-order valence-electron chi connectivity index (χ4n) is 3.37. The van der Waals surface area contributed by atoms with E-state index in [9.17, 15) is 27.0 Å². The molecule has 0 atom stereocenters. The number of nitrogens with zero attached hydrogens (tertiary/aromatic N) is 2. The number of fused-ring (bicyclic) bond motifs is 1. The zero-order chi connectivity index (χ0) is 22.3. The van der Waals surface area contributed by atoms with Crippen LogP contribution in [0.2, 0.25) is 0 Å². The molecule has 0 bridgehead atoms. The number of carbonyl (C=O) groups is 2. The number of anilines is 1. The SMILES string of the molecule is O=C1/C(=C2\C(=O)N(Cc3ccc(F)cc3)c3ccccc32)SC(=S)N1CCS(=O)(=O)[O-]. The Bertz CT molecular complexity index is 1240. The van der Waals surface area contributed by atoms with Gasteiger partial charge in [0.2, 0.25) is 0 Å². The summed E-state index contributed by atoms with van der Waals surface area (Å²) in [5.74, 6) is -2.19. The van der Waals surface area contributed by atoms with Crippen molar-refractivity contribution >= 4 is 61.5 Å². The molecule has 0 radical (unpaired) electrons. The molecule has 0 saturated carbocycles. The van der Waals surface area contributed by atoms with Crippen LogP contribution in [0.5, 0.6) is 0 Å². The minimum absolute atomic E-state index is 0.0819. The lowest BCUT2D eigenvalue weighted by atomic mass is 10.1. The Morgan fingerprint density at radius 3 is 2.35 bits per heavy atom. The third kappa shape index (κ3) is 4.26. The summed E-state index contributed by atoms with van der Waals surface area (Å²) >= 11 is 6.08. The molecule has 4 rings (SSSR count). The molecule has 1 fully saturated rings. The van der Waals surface area contributed by atoms with E-state index in [0.29, 0.717) is 16.8 Å². The van der Waals surface area contributed by atoms with E-state index in [1.165, 1.54) is 17.0 Å². The van der Waals surface area contributed by atoms with Crippen molar-refractivity contribution in [1.29, 1.82) is 0 Å². The van der Waals surface area contributed by atoms with E-state index >= 15 is 0 Å². The first kappa shape index (κ1) is 21.6. The van der Waals surface area contributed by atoms with Crippen molar-refractivity contribution in [3.05, 3.63) is 70.4 Å². The summed E-state index contributed by atoms with van der Waals surface area (Å²) in [4.78, 5) is 28.9. The average Bonchev–Trinajstić information content (AvgIpc) is 3.14. The Morgan fingerprint density at radius 2 is 1.68 bits per heavy atom. The molecule has 2 aromatic carbocycles. The minimum Gasteiger partial charge on any atom is -0.748 e. The molecule has 2 heterocycles. The minimum atomic E-state index is -4.53. The van der Waals surface area contributed by atoms with E-state index < -0.39 is 27.7 Å². The summed E-state index contributed by atoms with van der Waals surface area (Å²) in [6, 6.07) is 12.7. The van der Waals surface area contributed by atoms with Crippen molar-refractivity contribution in [2.24, 2.45) is 0 Å². The smallest absolute Gasteiger partial charge is 0.267 e. The van der Waals surface area contributed by atoms with Crippen LogP contribution >= 0.6 is 24.0 Å². The summed E-state index contributed by atoms with van der Waals surface area (Å²) < 4.78 is 46.2. The van der Waals surface area contributed by atoms with Crippen LogP contribution in [0.1, 0.15) is 11.1 Å². The Hall–Kier alpha value is -2.60. The Kier molecular flexibility index (Phi) is 5.69. The topological polar surface area (TPSA) is 97.8 Å². The second-order valence-electron chi connectivity index (χ2n) is 6.83. The van der Waals surface area contributed by atoms with Gasteiger partial charge in [0.15, 0.2) is 0 Å². The lowest BCUT2D eigenvalue weighted by Gasteiger charge is -2.17. The van der Waals surface area contributed by atoms with Gasteiger partial charge in [-0.15, -0.1) is 0 Å². The van der Waals surface area contributed by atoms with Gasteiger partial charge in [-0.2, -0.15) is 0 Å². The van der Waals surface area contributed by atoms with E-state index in [1.54, 1.807) is 36.4 Å². The van der Waals surface area contributed by atoms with Gasteiger partial charge in [0.25, 0.3) is 11.8 Å². The molecule has 2 aliphatic rings. The molecule has 160 valence electrons. The van der Waals surface area contributed by atoms with E-state index in [1.807, 2.05) is 0 Å². The zero-order valence-electron chi connectivity index (χ0n) is 15.8. The Morgan fingerprint density at radius 1 is 1.00 bits per heavy atom. The number of benzene rings is 2. The van der Waals surface area contributed by atoms with Gasteiger partial charge in [0.1, 0.15) is 10.1 Å². The summed E-state index contributed by atoms with van der Waals surface area (Å²) in [6.45, 7) is -0.198. The van der Waals surface area contributed by atoms with Gasteiger partial charge in [-0.1, -0.05) is 54.3 Å². The molecule has 2 aliphatic heterocycles. The molecule has 0 aromatic heterocycles. The van der Waals surface area contributed by atoms with Crippen LogP contribution in [0.15, 0.2) is 53.4 Å². The van der Waals surface area contributed by atoms with Crippen molar-refractivity contribution in [3.8, 4) is 0 Å². The number of hydrogen-bond acceptors (Lipinski definition) is 7. The third-order valence-corrected chi connectivity index (χ3v) is 6.95. The lowest BCUT2D eigenvalue weighted by Crippen LogP contribution is -2.33. The Labute approximate surface area is 187 Å². The van der Waals surface area contributed by atoms with Gasteiger partial charge >= 0.3 is 0 Å². The van der Waals surface area contributed by atoms with Crippen LogP contribution in [0.25, 0.3) is 5.57 Å². The maximum Gasteiger partial charge on any atom is 0.267 e. The number of thioether (sulfide) groups is 1. The number of para-hydroxylation sites is 1. The van der Waals surface area contributed by atoms with Gasteiger partial charge in [0.05, 0.1) is 38.6 Å². The first-order valence-electron chi connectivity index (χ1n) is 9.03. The van der Waals surface area contributed by atoms with E-state index in [2.05, 4.69) is 0 Å². The highest BCUT2D eigenvalue weighted by molar-refractivity contribution is 8.26. The summed E-state index contributed by atoms with van der Waals surface area (Å²) in [7, 11) is -4.53. The van der Waals surface area contributed by atoms with Crippen molar-refractivity contribution in [2.45, 2.75) is 6.54 Å². The molecule has 7 nitrogen and oxygen atoms in total. The van der Waals surface area contributed by atoms with Crippen LogP contribution in [0, 0.1) is 5.82 Å². The predicted octanol–water partition coefficient (Wildman–Crippen LogP) is 2.49. The van der Waals surface area contributed by atoms with Gasteiger partial charge in [-0.25, -0.2) is 12.8 Å². The van der Waals surface area contributed by atoms with Gasteiger partial charge in [0, 0.05) is 12.1 Å². The average molecular weight is 478 g/mol. The molecule has 0 spiro atoms. The van der Waals surface area contributed by atoms with Crippen LogP contribution in [0.4, 0.5) is 10.1 Å². The molecule has 1 saturated heterocycles. The fraction of sp³-hybridized carbons (Fsp3) is 0.150. The number of halogens is 1. The van der Waals surface area contributed by atoms with Crippen molar-refractivity contribution < 1.29 is 27.0 Å². The highest BCUT2D eigenvalue weighted by atomic mass is 32.2.